The molecule has 3 rings (SSSR count). The average Bonchev–Trinajstić information content (AvgIpc) is 2.80. The summed E-state index contributed by atoms with van der Waals surface area (Å²) >= 11 is 0. The molecule has 1 N–H and O–H groups in total. The number of halogens is 1. The number of carbonyl (C=O) groups is 3. The molecule has 2 aromatic rings. The Labute approximate surface area is 130 Å². The zero-order valence-electron chi connectivity index (χ0n) is 12.0. The van der Waals surface area contributed by atoms with E-state index in [9.17, 15) is 18.8 Å². The molecule has 3 amide bonds. The van der Waals surface area contributed by atoms with Crippen LogP contribution in [0.5, 0.6) is 0 Å². The maximum Gasteiger partial charge on any atom is 0.265 e. The molecule has 23 heavy (non-hydrogen) atoms. The quantitative estimate of drug-likeness (QED) is 0.858. The first kappa shape index (κ1) is 14.8. The Balaban J connectivity index is 1.67. The van der Waals surface area contributed by atoms with E-state index in [0.717, 1.165) is 16.5 Å². The van der Waals surface area contributed by atoms with Crippen LogP contribution >= 0.6 is 0 Å². The number of hydrogen-bond donors (Lipinski definition) is 1. The van der Waals surface area contributed by atoms with Crippen molar-refractivity contribution in [2.45, 2.75) is 6.54 Å². The van der Waals surface area contributed by atoms with E-state index in [1.165, 1.54) is 12.1 Å². The number of nitrogens with one attached hydrogen (secondary N) is 1. The van der Waals surface area contributed by atoms with Crippen molar-refractivity contribution in [2.75, 3.05) is 6.54 Å². The lowest BCUT2D eigenvalue weighted by Crippen LogP contribution is -2.40. The summed E-state index contributed by atoms with van der Waals surface area (Å²) in [7, 11) is 0. The third-order valence-corrected chi connectivity index (χ3v) is 3.46. The lowest BCUT2D eigenvalue weighted by molar-refractivity contribution is -0.121. The molecule has 0 saturated carbocycles. The Bertz CT molecular complexity index is 792. The predicted octanol–water partition coefficient (Wildman–Crippen LogP) is 1.13. The van der Waals surface area contributed by atoms with Crippen LogP contribution in [0.25, 0.3) is 0 Å². The van der Waals surface area contributed by atoms with Crippen LogP contribution in [0.4, 0.5) is 4.39 Å². The highest BCUT2D eigenvalue weighted by Crippen LogP contribution is 2.24. The van der Waals surface area contributed by atoms with Gasteiger partial charge in [-0.15, -0.1) is 0 Å². The first-order valence-corrected chi connectivity index (χ1v) is 6.88. The first-order valence-electron chi connectivity index (χ1n) is 6.88. The van der Waals surface area contributed by atoms with Gasteiger partial charge in [-0.05, 0) is 23.8 Å². The fraction of sp³-hybridized carbons (Fsp3) is 0.125. The fourth-order valence-electron chi connectivity index (χ4n) is 2.34. The largest absolute Gasteiger partial charge is 0.350 e. The van der Waals surface area contributed by atoms with Gasteiger partial charge in [0, 0.05) is 18.9 Å². The van der Waals surface area contributed by atoms with Gasteiger partial charge in [0.15, 0.2) is 0 Å². The molecular weight excluding hydrogens is 301 g/mol. The second kappa shape index (κ2) is 5.96. The van der Waals surface area contributed by atoms with E-state index >= 15 is 0 Å². The van der Waals surface area contributed by atoms with E-state index in [0.29, 0.717) is 0 Å². The smallest absolute Gasteiger partial charge is 0.265 e. The van der Waals surface area contributed by atoms with Gasteiger partial charge >= 0.3 is 0 Å². The van der Waals surface area contributed by atoms with Crippen LogP contribution in [0, 0.1) is 5.82 Å². The van der Waals surface area contributed by atoms with Crippen molar-refractivity contribution in [3.8, 4) is 0 Å². The zero-order chi connectivity index (χ0) is 16.4. The van der Waals surface area contributed by atoms with Crippen molar-refractivity contribution in [1.82, 2.24) is 15.2 Å². The molecule has 0 fully saturated rings. The summed E-state index contributed by atoms with van der Waals surface area (Å²) in [6.07, 6.45) is 3.20. The van der Waals surface area contributed by atoms with Crippen molar-refractivity contribution >= 4 is 17.7 Å². The van der Waals surface area contributed by atoms with E-state index in [1.54, 1.807) is 24.5 Å². The number of aromatic nitrogens is 1. The number of benzene rings is 1. The van der Waals surface area contributed by atoms with E-state index in [1.807, 2.05) is 0 Å². The van der Waals surface area contributed by atoms with Gasteiger partial charge < -0.3 is 5.32 Å². The number of imide groups is 1. The monoisotopic (exact) mass is 313 g/mol. The van der Waals surface area contributed by atoms with Gasteiger partial charge in [-0.2, -0.15) is 0 Å². The molecule has 0 aliphatic carbocycles. The number of fused-ring (bicyclic) bond motifs is 1. The highest BCUT2D eigenvalue weighted by molar-refractivity contribution is 6.22. The highest BCUT2D eigenvalue weighted by atomic mass is 19.1. The Morgan fingerprint density at radius 3 is 2.70 bits per heavy atom. The van der Waals surface area contributed by atoms with Crippen LogP contribution in [0.2, 0.25) is 0 Å². The molecule has 1 aromatic carbocycles. The van der Waals surface area contributed by atoms with Gasteiger partial charge in [0.1, 0.15) is 12.4 Å². The summed E-state index contributed by atoms with van der Waals surface area (Å²) in [6.45, 7) is -0.226. The van der Waals surface area contributed by atoms with Gasteiger partial charge in [-0.1, -0.05) is 12.1 Å². The molecule has 1 aliphatic rings. The third-order valence-electron chi connectivity index (χ3n) is 3.46. The summed E-state index contributed by atoms with van der Waals surface area (Å²) in [5.74, 6) is -2.73. The second-order valence-corrected chi connectivity index (χ2v) is 5.00. The highest BCUT2D eigenvalue weighted by Gasteiger charge is 2.38. The second-order valence-electron chi connectivity index (χ2n) is 5.00. The lowest BCUT2D eigenvalue weighted by Gasteiger charge is -2.13. The zero-order valence-corrected chi connectivity index (χ0v) is 12.0. The number of rotatable bonds is 4. The average molecular weight is 313 g/mol. The summed E-state index contributed by atoms with van der Waals surface area (Å²) in [6, 6.07) is 7.34. The molecule has 0 atom stereocenters. The molecule has 7 heteroatoms. The minimum absolute atomic E-state index is 0.0185. The Morgan fingerprint density at radius 1 is 1.17 bits per heavy atom. The summed E-state index contributed by atoms with van der Waals surface area (Å²) in [5, 5.41) is 2.59. The van der Waals surface area contributed by atoms with E-state index in [-0.39, 0.29) is 17.7 Å². The predicted molar refractivity (Wildman–Crippen MR) is 77.9 cm³/mol. The molecule has 6 nitrogen and oxygen atoms in total. The molecule has 116 valence electrons. The number of carbonyl (C=O) groups excluding carboxylic acids is 3. The topological polar surface area (TPSA) is 79.4 Å². The number of pyridine rings is 1. The Hall–Kier alpha value is -3.09. The number of hydrogen-bond acceptors (Lipinski definition) is 4. The van der Waals surface area contributed by atoms with Crippen molar-refractivity contribution in [3.05, 3.63) is 65.2 Å². The number of amides is 3. The van der Waals surface area contributed by atoms with Gasteiger partial charge in [0.05, 0.1) is 11.1 Å². The van der Waals surface area contributed by atoms with Gasteiger partial charge in [0.2, 0.25) is 5.91 Å². The van der Waals surface area contributed by atoms with Gasteiger partial charge in [-0.25, -0.2) is 4.39 Å². The lowest BCUT2D eigenvalue weighted by atomic mass is 10.1. The third kappa shape index (κ3) is 2.80. The van der Waals surface area contributed by atoms with Crippen LogP contribution < -0.4 is 5.32 Å². The minimum Gasteiger partial charge on any atom is -0.350 e. The molecule has 0 unspecified atom stereocenters. The molecule has 0 radical (unpaired) electrons. The van der Waals surface area contributed by atoms with Crippen LogP contribution in [0.15, 0.2) is 42.7 Å². The summed E-state index contributed by atoms with van der Waals surface area (Å²) in [5.41, 5.74) is 0.488. The molecule has 1 aromatic heterocycles. The molecule has 0 spiro atoms. The van der Waals surface area contributed by atoms with Crippen molar-refractivity contribution < 1.29 is 18.8 Å². The SMILES string of the molecule is O=C(CN1C(=O)c2cccc(F)c2C1=O)NCc1cccnc1. The fourth-order valence-corrected chi connectivity index (χ4v) is 2.34. The van der Waals surface area contributed by atoms with Crippen LogP contribution in [0.3, 0.4) is 0 Å². The first-order chi connectivity index (χ1) is 11.1. The van der Waals surface area contributed by atoms with Crippen LogP contribution in [-0.2, 0) is 11.3 Å². The van der Waals surface area contributed by atoms with Crippen molar-refractivity contribution in [1.29, 1.82) is 0 Å². The summed E-state index contributed by atoms with van der Waals surface area (Å²) < 4.78 is 13.7. The van der Waals surface area contributed by atoms with Gasteiger partial charge in [-0.3, -0.25) is 24.3 Å². The van der Waals surface area contributed by atoms with E-state index < -0.39 is 30.1 Å². The Morgan fingerprint density at radius 2 is 2.00 bits per heavy atom. The van der Waals surface area contributed by atoms with Crippen molar-refractivity contribution in [3.63, 3.8) is 0 Å². The van der Waals surface area contributed by atoms with E-state index in [2.05, 4.69) is 10.3 Å². The molecule has 0 saturated heterocycles. The maximum atomic E-state index is 13.7. The van der Waals surface area contributed by atoms with Crippen LogP contribution in [0.1, 0.15) is 26.3 Å². The molecular formula is C16H12FN3O3. The van der Waals surface area contributed by atoms with Gasteiger partial charge in [0.25, 0.3) is 11.8 Å². The van der Waals surface area contributed by atoms with Crippen LogP contribution in [-0.4, -0.2) is 34.2 Å². The standard InChI is InChI=1S/C16H12FN3O3/c17-12-5-1-4-11-14(12)16(23)20(15(11)22)9-13(21)19-8-10-3-2-6-18-7-10/h1-7H,8-9H2,(H,19,21). The normalized spacial score (nSPS) is 13.2. The van der Waals surface area contributed by atoms with E-state index in [4.69, 9.17) is 0 Å². The van der Waals surface area contributed by atoms with Crippen molar-refractivity contribution in [2.24, 2.45) is 0 Å². The molecule has 1 aliphatic heterocycles. The number of nitrogens with zero attached hydrogens (tertiary/aromatic N) is 2. The molecule has 0 bridgehead atoms. The minimum atomic E-state index is -0.792. The maximum absolute atomic E-state index is 13.7. The summed E-state index contributed by atoms with van der Waals surface area (Å²) in [4.78, 5) is 40.8. The Kier molecular flexibility index (Phi) is 3.84. The molecule has 2 heterocycles.